The molecule has 0 aromatic carbocycles. The topological polar surface area (TPSA) is 108 Å². The van der Waals surface area contributed by atoms with Crippen molar-refractivity contribution in [3.63, 3.8) is 0 Å². The lowest BCUT2D eigenvalue weighted by atomic mass is 10.4. The number of carbonyl (C=O) groups excluding carboxylic acids is 2. The van der Waals surface area contributed by atoms with Gasteiger partial charge in [-0.15, -0.1) is 0 Å². The summed E-state index contributed by atoms with van der Waals surface area (Å²) in [5.74, 6) is -1.26. The summed E-state index contributed by atoms with van der Waals surface area (Å²) in [6, 6.07) is 0. The average molecular weight is 324 g/mol. The van der Waals surface area contributed by atoms with Crippen LogP contribution in [0.3, 0.4) is 0 Å². The highest BCUT2D eigenvalue weighted by Crippen LogP contribution is 2.43. The van der Waals surface area contributed by atoms with E-state index in [2.05, 4.69) is 11.1 Å². The molecular formula is C12H21O8P. The van der Waals surface area contributed by atoms with Crippen molar-refractivity contribution in [3.05, 3.63) is 12.7 Å². The molecule has 0 aromatic rings. The summed E-state index contributed by atoms with van der Waals surface area (Å²) in [7, 11) is -4.22. The van der Waals surface area contributed by atoms with E-state index in [-0.39, 0.29) is 19.6 Å². The minimum atomic E-state index is -4.22. The fraction of sp³-hybridized carbons (Fsp3) is 0.667. The molecule has 0 saturated carbocycles. The third kappa shape index (κ3) is 10.2. The first kappa shape index (κ1) is 19.8. The van der Waals surface area contributed by atoms with Crippen molar-refractivity contribution in [3.8, 4) is 0 Å². The second kappa shape index (κ2) is 10.5. The highest BCUT2D eigenvalue weighted by Gasteiger charge is 2.25. The Morgan fingerprint density at radius 3 is 2.48 bits per heavy atom. The maximum absolute atomic E-state index is 11.5. The zero-order chi connectivity index (χ0) is 16.3. The van der Waals surface area contributed by atoms with Crippen molar-refractivity contribution < 1.29 is 37.6 Å². The molecule has 0 radical (unpaired) electrons. The summed E-state index contributed by atoms with van der Waals surface area (Å²) in [5, 5.41) is 0. The van der Waals surface area contributed by atoms with E-state index < -0.39 is 32.5 Å². The van der Waals surface area contributed by atoms with Crippen LogP contribution >= 0.6 is 7.82 Å². The van der Waals surface area contributed by atoms with Gasteiger partial charge < -0.3 is 14.4 Å². The Morgan fingerprint density at radius 1 is 1.29 bits per heavy atom. The predicted octanol–water partition coefficient (Wildman–Crippen LogP) is 1.58. The number of phosphoric ester groups is 1. The van der Waals surface area contributed by atoms with Crippen LogP contribution in [-0.4, -0.2) is 42.8 Å². The monoisotopic (exact) mass is 324 g/mol. The largest absolute Gasteiger partial charge is 0.472 e. The van der Waals surface area contributed by atoms with Gasteiger partial charge in [-0.05, 0) is 6.42 Å². The van der Waals surface area contributed by atoms with Crippen LogP contribution < -0.4 is 0 Å². The molecule has 122 valence electrons. The standard InChI is InChI=1S/C12H21O8P/c1-4-7-18-21(15,16)19-9-10(20-12(14)6-3)8-17-11(13)5-2/h5,10H,2,4,6-9H2,1,3H3,(H,15,16). The smallest absolute Gasteiger partial charge is 0.458 e. The van der Waals surface area contributed by atoms with Crippen LogP contribution in [0.2, 0.25) is 0 Å². The van der Waals surface area contributed by atoms with Gasteiger partial charge >= 0.3 is 19.8 Å². The molecule has 0 rings (SSSR count). The van der Waals surface area contributed by atoms with E-state index in [4.69, 9.17) is 14.0 Å². The van der Waals surface area contributed by atoms with E-state index in [9.17, 15) is 19.0 Å². The highest BCUT2D eigenvalue weighted by atomic mass is 31.2. The Bertz CT molecular complexity index is 395. The molecule has 0 amide bonds. The molecule has 0 spiro atoms. The van der Waals surface area contributed by atoms with Gasteiger partial charge in [0, 0.05) is 12.5 Å². The summed E-state index contributed by atoms with van der Waals surface area (Å²) >= 11 is 0. The molecule has 2 atom stereocenters. The van der Waals surface area contributed by atoms with Gasteiger partial charge in [-0.25, -0.2) is 9.36 Å². The fourth-order valence-corrected chi connectivity index (χ4v) is 1.88. The Hall–Kier alpha value is -1.21. The van der Waals surface area contributed by atoms with Crippen LogP contribution in [-0.2, 0) is 32.7 Å². The number of hydrogen-bond acceptors (Lipinski definition) is 7. The van der Waals surface area contributed by atoms with Gasteiger partial charge in [0.15, 0.2) is 6.10 Å². The first-order chi connectivity index (χ1) is 9.84. The lowest BCUT2D eigenvalue weighted by molar-refractivity contribution is -0.158. The quantitative estimate of drug-likeness (QED) is 0.347. The zero-order valence-electron chi connectivity index (χ0n) is 12.1. The SMILES string of the molecule is C=CC(=O)OCC(COP(=O)(O)OCCC)OC(=O)CC. The minimum absolute atomic E-state index is 0.0542. The van der Waals surface area contributed by atoms with Crippen molar-refractivity contribution in [1.82, 2.24) is 0 Å². The van der Waals surface area contributed by atoms with Crippen molar-refractivity contribution in [2.75, 3.05) is 19.8 Å². The van der Waals surface area contributed by atoms with Crippen LogP contribution in [0.15, 0.2) is 12.7 Å². The molecule has 8 nitrogen and oxygen atoms in total. The molecule has 1 N–H and O–H groups in total. The third-order valence-electron chi connectivity index (χ3n) is 2.05. The molecule has 9 heteroatoms. The van der Waals surface area contributed by atoms with Gasteiger partial charge in [0.2, 0.25) is 0 Å². The number of carbonyl (C=O) groups is 2. The Labute approximate surface area is 123 Å². The average Bonchev–Trinajstić information content (AvgIpc) is 2.47. The molecular weight excluding hydrogens is 303 g/mol. The second-order valence-electron chi connectivity index (χ2n) is 3.90. The van der Waals surface area contributed by atoms with Crippen LogP contribution in [0, 0.1) is 0 Å². The number of esters is 2. The van der Waals surface area contributed by atoms with Crippen LogP contribution in [0.1, 0.15) is 26.7 Å². The van der Waals surface area contributed by atoms with E-state index in [1.165, 1.54) is 0 Å². The van der Waals surface area contributed by atoms with Gasteiger partial charge in [-0.3, -0.25) is 13.8 Å². The lowest BCUT2D eigenvalue weighted by Gasteiger charge is -2.19. The number of ether oxygens (including phenoxy) is 2. The third-order valence-corrected chi connectivity index (χ3v) is 3.03. The summed E-state index contributed by atoms with van der Waals surface area (Å²) in [6.07, 6.45) is 0.585. The minimum Gasteiger partial charge on any atom is -0.458 e. The lowest BCUT2D eigenvalue weighted by Crippen LogP contribution is -2.29. The maximum atomic E-state index is 11.5. The Kier molecular flexibility index (Phi) is 9.90. The van der Waals surface area contributed by atoms with Crippen LogP contribution in [0.5, 0.6) is 0 Å². The first-order valence-electron chi connectivity index (χ1n) is 6.45. The van der Waals surface area contributed by atoms with Crippen molar-refractivity contribution in [2.45, 2.75) is 32.8 Å². The molecule has 0 aliphatic carbocycles. The van der Waals surface area contributed by atoms with E-state index in [0.717, 1.165) is 6.08 Å². The number of hydrogen-bond donors (Lipinski definition) is 1. The zero-order valence-corrected chi connectivity index (χ0v) is 13.0. The fourth-order valence-electron chi connectivity index (χ4n) is 1.04. The molecule has 0 aliphatic heterocycles. The van der Waals surface area contributed by atoms with Gasteiger partial charge in [-0.2, -0.15) is 0 Å². The predicted molar refractivity (Wildman–Crippen MR) is 73.3 cm³/mol. The molecule has 0 saturated heterocycles. The van der Waals surface area contributed by atoms with Gasteiger partial charge in [0.05, 0.1) is 13.2 Å². The molecule has 0 fully saturated rings. The normalized spacial score (nSPS) is 14.8. The first-order valence-corrected chi connectivity index (χ1v) is 7.94. The van der Waals surface area contributed by atoms with E-state index in [0.29, 0.717) is 6.42 Å². The molecule has 0 bridgehead atoms. The van der Waals surface area contributed by atoms with Gasteiger partial charge in [0.1, 0.15) is 6.61 Å². The Balaban J connectivity index is 4.44. The maximum Gasteiger partial charge on any atom is 0.472 e. The molecule has 0 aliphatic rings. The summed E-state index contributed by atoms with van der Waals surface area (Å²) < 4.78 is 30.5. The van der Waals surface area contributed by atoms with E-state index in [1.807, 2.05) is 0 Å². The summed E-state index contributed by atoms with van der Waals surface area (Å²) in [6.45, 7) is 5.86. The summed E-state index contributed by atoms with van der Waals surface area (Å²) in [4.78, 5) is 31.6. The number of phosphoric acid groups is 1. The molecule has 21 heavy (non-hydrogen) atoms. The second-order valence-corrected chi connectivity index (χ2v) is 5.35. The van der Waals surface area contributed by atoms with Gasteiger partial charge in [-0.1, -0.05) is 20.4 Å². The van der Waals surface area contributed by atoms with Crippen LogP contribution in [0.25, 0.3) is 0 Å². The van der Waals surface area contributed by atoms with Gasteiger partial charge in [0.25, 0.3) is 0 Å². The molecule has 0 heterocycles. The number of rotatable bonds is 11. The highest BCUT2D eigenvalue weighted by molar-refractivity contribution is 7.47. The van der Waals surface area contributed by atoms with Crippen LogP contribution in [0.4, 0.5) is 0 Å². The molecule has 0 aromatic heterocycles. The van der Waals surface area contributed by atoms with Crippen molar-refractivity contribution in [1.29, 1.82) is 0 Å². The van der Waals surface area contributed by atoms with Crippen molar-refractivity contribution in [2.24, 2.45) is 0 Å². The summed E-state index contributed by atoms with van der Waals surface area (Å²) in [5.41, 5.74) is 0. The molecule has 2 unspecified atom stereocenters. The van der Waals surface area contributed by atoms with Crippen molar-refractivity contribution >= 4 is 19.8 Å². The van der Waals surface area contributed by atoms with E-state index >= 15 is 0 Å². The van der Waals surface area contributed by atoms with E-state index in [1.54, 1.807) is 13.8 Å². The Morgan fingerprint density at radius 2 is 1.95 bits per heavy atom.